The molecule has 1 aromatic carbocycles. The van der Waals surface area contributed by atoms with Gasteiger partial charge in [0.15, 0.2) is 0 Å². The Kier molecular flexibility index (Phi) is 12.0. The highest BCUT2D eigenvalue weighted by Gasteiger charge is 2.35. The first-order valence-corrected chi connectivity index (χ1v) is 15.7. The van der Waals surface area contributed by atoms with Crippen molar-refractivity contribution in [3.8, 4) is 0 Å². The highest BCUT2D eigenvalue weighted by atomic mass is 16.6. The fraction of sp³-hybridized carbons (Fsp3) is 0.606. The molecule has 1 saturated heterocycles. The van der Waals surface area contributed by atoms with Crippen LogP contribution in [0.3, 0.4) is 0 Å². The molecule has 0 radical (unpaired) electrons. The van der Waals surface area contributed by atoms with Gasteiger partial charge in [0, 0.05) is 30.4 Å². The van der Waals surface area contributed by atoms with Gasteiger partial charge in [-0.1, -0.05) is 51.2 Å². The molecule has 0 spiro atoms. The van der Waals surface area contributed by atoms with Crippen molar-refractivity contribution in [2.45, 2.75) is 124 Å². The van der Waals surface area contributed by atoms with Gasteiger partial charge in [0.25, 0.3) is 0 Å². The molecule has 11 nitrogen and oxygen atoms in total. The van der Waals surface area contributed by atoms with E-state index in [9.17, 15) is 14.4 Å². The molecular weight excluding hydrogens is 560 g/mol. The number of amides is 3. The van der Waals surface area contributed by atoms with Crippen LogP contribution in [0.1, 0.15) is 105 Å². The minimum Gasteiger partial charge on any atom is -0.444 e. The summed E-state index contributed by atoms with van der Waals surface area (Å²) in [6.07, 6.45) is 8.72. The quantitative estimate of drug-likeness (QED) is 0.164. The molecule has 0 bridgehead atoms. The van der Waals surface area contributed by atoms with Crippen molar-refractivity contribution in [1.82, 2.24) is 20.1 Å². The van der Waals surface area contributed by atoms with E-state index in [1.807, 2.05) is 18.2 Å². The summed E-state index contributed by atoms with van der Waals surface area (Å²) in [7, 11) is 0. The summed E-state index contributed by atoms with van der Waals surface area (Å²) >= 11 is 0. The summed E-state index contributed by atoms with van der Waals surface area (Å²) < 4.78 is 12.9. The minimum absolute atomic E-state index is 0.0261. The number of carbonyl (C=O) groups is 3. The van der Waals surface area contributed by atoms with Gasteiger partial charge in [-0.05, 0) is 78.3 Å². The van der Waals surface area contributed by atoms with E-state index in [0.717, 1.165) is 23.9 Å². The van der Waals surface area contributed by atoms with Gasteiger partial charge < -0.3 is 24.3 Å². The van der Waals surface area contributed by atoms with Crippen LogP contribution in [0.2, 0.25) is 0 Å². The van der Waals surface area contributed by atoms with E-state index in [2.05, 4.69) is 39.4 Å². The summed E-state index contributed by atoms with van der Waals surface area (Å²) in [5.74, 6) is -0.591. The number of hydrogen-bond donors (Lipinski definition) is 3. The smallest absolute Gasteiger partial charge is 0.437 e. The largest absolute Gasteiger partial charge is 0.444 e. The number of aliphatic imine (C=N–C) groups is 1. The van der Waals surface area contributed by atoms with Crippen molar-refractivity contribution in [3.05, 3.63) is 36.0 Å². The number of unbranched alkanes of at least 4 members (excludes halogenated alkanes) is 5. The molecule has 44 heavy (non-hydrogen) atoms. The number of ether oxygens (including phenoxy) is 2. The van der Waals surface area contributed by atoms with E-state index < -0.39 is 35.3 Å². The van der Waals surface area contributed by atoms with Crippen LogP contribution in [0.5, 0.6) is 0 Å². The number of guanidine groups is 1. The summed E-state index contributed by atoms with van der Waals surface area (Å²) in [5, 5.41) is 15.0. The average Bonchev–Trinajstić information content (AvgIpc) is 3.55. The number of alkyl carbamates (subject to hydrolysis) is 1. The first-order valence-electron chi connectivity index (χ1n) is 15.7. The molecule has 1 aromatic heterocycles. The van der Waals surface area contributed by atoms with E-state index in [4.69, 9.17) is 14.9 Å². The summed E-state index contributed by atoms with van der Waals surface area (Å²) in [5.41, 5.74) is 0.0242. The number of aromatic nitrogens is 1. The predicted octanol–water partition coefficient (Wildman–Crippen LogP) is 6.72. The van der Waals surface area contributed by atoms with Crippen molar-refractivity contribution in [1.29, 1.82) is 5.41 Å². The molecule has 0 aliphatic carbocycles. The van der Waals surface area contributed by atoms with Crippen molar-refractivity contribution < 1.29 is 23.9 Å². The summed E-state index contributed by atoms with van der Waals surface area (Å²) in [4.78, 5) is 44.3. The zero-order valence-corrected chi connectivity index (χ0v) is 27.4. The molecule has 1 aliphatic rings. The maximum atomic E-state index is 13.5. The van der Waals surface area contributed by atoms with Gasteiger partial charge in [-0.15, -0.1) is 4.99 Å². The van der Waals surface area contributed by atoms with Crippen molar-refractivity contribution in [2.24, 2.45) is 4.99 Å². The second-order valence-electron chi connectivity index (χ2n) is 13.3. The number of likely N-dealkylation sites (tertiary alicyclic amines) is 1. The third-order valence-electron chi connectivity index (χ3n) is 7.09. The molecule has 242 valence electrons. The fourth-order valence-electron chi connectivity index (χ4n) is 5.10. The van der Waals surface area contributed by atoms with E-state index in [0.29, 0.717) is 24.9 Å². The molecule has 3 rings (SSSR count). The van der Waals surface area contributed by atoms with E-state index in [-0.39, 0.29) is 11.8 Å². The number of hydrogen-bond acceptors (Lipinski definition) is 6. The van der Waals surface area contributed by atoms with Gasteiger partial charge in [-0.2, -0.15) is 0 Å². The molecule has 2 heterocycles. The summed E-state index contributed by atoms with van der Waals surface area (Å²) in [6.45, 7) is 13.8. The Bertz CT molecular complexity index is 1350. The molecule has 1 aliphatic heterocycles. The number of nitrogens with zero attached hydrogens (tertiary/aromatic N) is 3. The standard InChI is InChI=1S/C33H50N6O5/c1-8-9-10-11-12-13-19-38-21-18-23-16-17-24(22-26(23)38)27(34)35-28(40)25-15-14-20-39(25)29(36-30(41)43-32(2,3)4)37-31(42)44-33(5,6)7/h16-18,21-22,25H,8-15,19-20H2,1-7H3,(H2,34,35,40)(H,36,37,41,42)/t25-/m0/s1. The van der Waals surface area contributed by atoms with Crippen LogP contribution < -0.4 is 10.6 Å². The third kappa shape index (κ3) is 10.7. The molecule has 11 heteroatoms. The van der Waals surface area contributed by atoms with E-state index in [1.54, 1.807) is 46.4 Å². The Morgan fingerprint density at radius 2 is 1.64 bits per heavy atom. The van der Waals surface area contributed by atoms with Gasteiger partial charge >= 0.3 is 12.2 Å². The number of aryl methyl sites for hydroxylation is 1. The first-order chi connectivity index (χ1) is 20.7. The highest BCUT2D eigenvalue weighted by molar-refractivity contribution is 6.10. The molecular formula is C33H50N6O5. The van der Waals surface area contributed by atoms with Crippen molar-refractivity contribution in [2.75, 3.05) is 6.54 Å². The SMILES string of the molecule is CCCCCCCCn1ccc2ccc(C(=N)NC(=O)[C@@H]3CCCN3/C(=N/C(=O)OC(C)(C)C)NC(=O)OC(C)(C)C)cc21. The van der Waals surface area contributed by atoms with Gasteiger partial charge in [0.2, 0.25) is 11.9 Å². The Morgan fingerprint density at radius 3 is 2.32 bits per heavy atom. The molecule has 3 N–H and O–H groups in total. The van der Waals surface area contributed by atoms with Gasteiger partial charge in [0.1, 0.15) is 23.1 Å². The Labute approximate surface area is 261 Å². The normalized spacial score (nSPS) is 15.8. The number of carbonyl (C=O) groups excluding carboxylic acids is 3. The predicted molar refractivity (Wildman–Crippen MR) is 173 cm³/mol. The lowest BCUT2D eigenvalue weighted by molar-refractivity contribution is -0.123. The van der Waals surface area contributed by atoms with Crippen molar-refractivity contribution in [3.63, 3.8) is 0 Å². The lowest BCUT2D eigenvalue weighted by Crippen LogP contribution is -2.53. The number of fused-ring (bicyclic) bond motifs is 1. The van der Waals surface area contributed by atoms with Crippen LogP contribution >= 0.6 is 0 Å². The number of benzene rings is 1. The molecule has 3 amide bonds. The monoisotopic (exact) mass is 610 g/mol. The van der Waals surface area contributed by atoms with Crippen LogP contribution in [-0.2, 0) is 20.8 Å². The van der Waals surface area contributed by atoms with Gasteiger partial charge in [0.05, 0.1) is 0 Å². The maximum absolute atomic E-state index is 13.5. The number of rotatable bonds is 9. The number of amidine groups is 1. The molecule has 2 aromatic rings. The van der Waals surface area contributed by atoms with Crippen LogP contribution in [0.15, 0.2) is 35.5 Å². The van der Waals surface area contributed by atoms with E-state index in [1.165, 1.54) is 32.1 Å². The molecule has 0 unspecified atom stereocenters. The molecule has 1 atom stereocenters. The van der Waals surface area contributed by atoms with Crippen LogP contribution in [0.25, 0.3) is 10.9 Å². The van der Waals surface area contributed by atoms with Crippen LogP contribution in [0, 0.1) is 5.41 Å². The van der Waals surface area contributed by atoms with Gasteiger partial charge in [-0.3, -0.25) is 15.5 Å². The lowest BCUT2D eigenvalue weighted by Gasteiger charge is -2.28. The summed E-state index contributed by atoms with van der Waals surface area (Å²) in [6, 6.07) is 7.01. The minimum atomic E-state index is -0.903. The zero-order chi connectivity index (χ0) is 32.5. The van der Waals surface area contributed by atoms with E-state index >= 15 is 0 Å². The topological polar surface area (TPSA) is 138 Å². The second kappa shape index (κ2) is 15.2. The van der Waals surface area contributed by atoms with Gasteiger partial charge in [-0.25, -0.2) is 9.59 Å². The zero-order valence-electron chi connectivity index (χ0n) is 27.4. The molecule has 0 saturated carbocycles. The Hall–Kier alpha value is -3.89. The maximum Gasteiger partial charge on any atom is 0.437 e. The van der Waals surface area contributed by atoms with Crippen LogP contribution in [0.4, 0.5) is 9.59 Å². The van der Waals surface area contributed by atoms with Crippen LogP contribution in [-0.4, -0.2) is 63.1 Å². The Morgan fingerprint density at radius 1 is 0.955 bits per heavy atom. The highest BCUT2D eigenvalue weighted by Crippen LogP contribution is 2.21. The molecule has 1 fully saturated rings. The fourth-order valence-corrected chi connectivity index (χ4v) is 5.10. The number of nitrogens with one attached hydrogen (secondary N) is 3. The Balaban J connectivity index is 1.73. The first kappa shape index (κ1) is 34.6. The average molecular weight is 611 g/mol. The third-order valence-corrected chi connectivity index (χ3v) is 7.09. The van der Waals surface area contributed by atoms with Crippen molar-refractivity contribution >= 4 is 40.8 Å². The second-order valence-corrected chi connectivity index (χ2v) is 13.3. The lowest BCUT2D eigenvalue weighted by atomic mass is 10.1.